The van der Waals surface area contributed by atoms with E-state index in [0.717, 1.165) is 18.5 Å². The van der Waals surface area contributed by atoms with Crippen LogP contribution in [0.15, 0.2) is 54.6 Å². The highest BCUT2D eigenvalue weighted by molar-refractivity contribution is 5.77. The van der Waals surface area contributed by atoms with E-state index >= 15 is 0 Å². The minimum absolute atomic E-state index is 0.109. The number of likely N-dealkylation sites (N-methyl/N-ethyl adjacent to an activating group) is 1. The Bertz CT molecular complexity index is 639. The van der Waals surface area contributed by atoms with Gasteiger partial charge in [0.1, 0.15) is 0 Å². The molecule has 0 bridgehead atoms. The number of fused-ring (bicyclic) bond motifs is 1. The smallest absolute Gasteiger partial charge is 0.222 e. The summed E-state index contributed by atoms with van der Waals surface area (Å²) < 4.78 is 0. The summed E-state index contributed by atoms with van der Waals surface area (Å²) >= 11 is 0. The largest absolute Gasteiger partial charge is 0.352 e. The van der Waals surface area contributed by atoms with Gasteiger partial charge in [0.2, 0.25) is 5.91 Å². The van der Waals surface area contributed by atoms with E-state index in [1.54, 1.807) is 0 Å². The molecule has 1 aliphatic heterocycles. The van der Waals surface area contributed by atoms with Gasteiger partial charge in [0, 0.05) is 25.6 Å². The topological polar surface area (TPSA) is 32.3 Å². The molecule has 2 aromatic rings. The van der Waals surface area contributed by atoms with Gasteiger partial charge in [-0.3, -0.25) is 9.69 Å². The predicted octanol–water partition coefficient (Wildman–Crippen LogP) is 2.92. The Kier molecular flexibility index (Phi) is 4.54. The molecule has 1 aliphatic rings. The van der Waals surface area contributed by atoms with Crippen molar-refractivity contribution in [2.45, 2.75) is 25.4 Å². The van der Waals surface area contributed by atoms with E-state index < -0.39 is 0 Å². The number of hydrogen-bond donors (Lipinski definition) is 1. The Morgan fingerprint density at radius 3 is 2.68 bits per heavy atom. The number of carbonyl (C=O) groups is 1. The summed E-state index contributed by atoms with van der Waals surface area (Å²) in [7, 11) is 2.10. The van der Waals surface area contributed by atoms with E-state index in [4.69, 9.17) is 0 Å². The fourth-order valence-corrected chi connectivity index (χ4v) is 3.09. The number of nitrogens with zero attached hydrogens (tertiary/aromatic N) is 1. The molecule has 0 fully saturated rings. The second-order valence-electron chi connectivity index (χ2n) is 5.91. The first kappa shape index (κ1) is 14.8. The molecule has 3 nitrogen and oxygen atoms in total. The van der Waals surface area contributed by atoms with E-state index in [1.807, 2.05) is 30.3 Å². The number of amides is 1. The van der Waals surface area contributed by atoms with Gasteiger partial charge in [-0.2, -0.15) is 0 Å². The van der Waals surface area contributed by atoms with Crippen LogP contribution in [0.3, 0.4) is 0 Å². The maximum Gasteiger partial charge on any atom is 0.222 e. The zero-order chi connectivity index (χ0) is 15.4. The molecule has 1 amide bonds. The van der Waals surface area contributed by atoms with Crippen molar-refractivity contribution in [2.24, 2.45) is 0 Å². The Morgan fingerprint density at radius 2 is 1.86 bits per heavy atom. The highest BCUT2D eigenvalue weighted by Crippen LogP contribution is 2.30. The van der Waals surface area contributed by atoms with Crippen molar-refractivity contribution in [2.75, 3.05) is 13.6 Å². The Labute approximate surface area is 132 Å². The molecule has 0 aliphatic carbocycles. The highest BCUT2D eigenvalue weighted by atomic mass is 16.1. The van der Waals surface area contributed by atoms with Gasteiger partial charge in [-0.15, -0.1) is 0 Å². The molecule has 0 saturated carbocycles. The number of benzene rings is 2. The van der Waals surface area contributed by atoms with E-state index in [1.165, 1.54) is 11.1 Å². The van der Waals surface area contributed by atoms with Crippen LogP contribution < -0.4 is 5.32 Å². The first-order valence-electron chi connectivity index (χ1n) is 7.82. The Morgan fingerprint density at radius 1 is 1.14 bits per heavy atom. The first-order chi connectivity index (χ1) is 10.7. The minimum atomic E-state index is 0.109. The van der Waals surface area contributed by atoms with Crippen LogP contribution in [-0.2, 0) is 17.8 Å². The lowest BCUT2D eigenvalue weighted by Crippen LogP contribution is -2.36. The zero-order valence-corrected chi connectivity index (χ0v) is 13.0. The molecule has 1 unspecified atom stereocenters. The van der Waals surface area contributed by atoms with Crippen molar-refractivity contribution in [1.29, 1.82) is 0 Å². The molecule has 22 heavy (non-hydrogen) atoms. The SMILES string of the molecule is CN1CCc2ccccc2C1CC(=O)NCc1ccccc1. The van der Waals surface area contributed by atoms with Gasteiger partial charge < -0.3 is 5.32 Å². The van der Waals surface area contributed by atoms with Crippen LogP contribution in [0, 0.1) is 0 Å². The van der Waals surface area contributed by atoms with Crippen molar-refractivity contribution >= 4 is 5.91 Å². The van der Waals surface area contributed by atoms with Gasteiger partial charge in [0.25, 0.3) is 0 Å². The predicted molar refractivity (Wildman–Crippen MR) is 88.4 cm³/mol. The maximum absolute atomic E-state index is 12.3. The lowest BCUT2D eigenvalue weighted by Gasteiger charge is -2.34. The number of nitrogens with one attached hydrogen (secondary N) is 1. The summed E-state index contributed by atoms with van der Waals surface area (Å²) in [5, 5.41) is 3.03. The molecule has 0 spiro atoms. The Balaban J connectivity index is 1.64. The van der Waals surface area contributed by atoms with Crippen molar-refractivity contribution in [3.63, 3.8) is 0 Å². The fourth-order valence-electron chi connectivity index (χ4n) is 3.09. The summed E-state index contributed by atoms with van der Waals surface area (Å²) in [6.45, 7) is 1.60. The van der Waals surface area contributed by atoms with Gasteiger partial charge in [-0.25, -0.2) is 0 Å². The van der Waals surface area contributed by atoms with E-state index in [9.17, 15) is 4.79 Å². The molecular formula is C19H22N2O. The van der Waals surface area contributed by atoms with Crippen molar-refractivity contribution in [1.82, 2.24) is 10.2 Å². The maximum atomic E-state index is 12.3. The van der Waals surface area contributed by atoms with Gasteiger partial charge >= 0.3 is 0 Å². The monoisotopic (exact) mass is 294 g/mol. The van der Waals surface area contributed by atoms with Gasteiger partial charge in [0.15, 0.2) is 0 Å². The lowest BCUT2D eigenvalue weighted by atomic mass is 9.91. The van der Waals surface area contributed by atoms with Crippen LogP contribution in [0.1, 0.15) is 29.2 Å². The summed E-state index contributed by atoms with van der Waals surface area (Å²) in [4.78, 5) is 14.6. The molecule has 3 heteroatoms. The average molecular weight is 294 g/mol. The highest BCUT2D eigenvalue weighted by Gasteiger charge is 2.26. The van der Waals surface area contributed by atoms with Crippen molar-refractivity contribution in [3.8, 4) is 0 Å². The van der Waals surface area contributed by atoms with Gasteiger partial charge in [-0.05, 0) is 30.2 Å². The minimum Gasteiger partial charge on any atom is -0.352 e. The van der Waals surface area contributed by atoms with E-state index in [0.29, 0.717) is 13.0 Å². The second-order valence-corrected chi connectivity index (χ2v) is 5.91. The molecule has 0 saturated heterocycles. The van der Waals surface area contributed by atoms with Gasteiger partial charge in [-0.1, -0.05) is 54.6 Å². The molecule has 0 radical (unpaired) electrons. The van der Waals surface area contributed by atoms with E-state index in [-0.39, 0.29) is 11.9 Å². The summed E-state index contributed by atoms with van der Waals surface area (Å²) in [6, 6.07) is 18.7. The van der Waals surface area contributed by atoms with Crippen LogP contribution in [0.2, 0.25) is 0 Å². The van der Waals surface area contributed by atoms with Crippen LogP contribution in [0.4, 0.5) is 0 Å². The van der Waals surface area contributed by atoms with Crippen molar-refractivity contribution in [3.05, 3.63) is 71.3 Å². The van der Waals surface area contributed by atoms with E-state index in [2.05, 4.69) is 41.5 Å². The number of rotatable bonds is 4. The summed E-state index contributed by atoms with van der Waals surface area (Å²) in [5.74, 6) is 0.109. The van der Waals surface area contributed by atoms with Gasteiger partial charge in [0.05, 0.1) is 0 Å². The third-order valence-corrected chi connectivity index (χ3v) is 4.39. The molecule has 3 rings (SSSR count). The summed E-state index contributed by atoms with van der Waals surface area (Å²) in [5.41, 5.74) is 3.81. The molecule has 0 aromatic heterocycles. The number of hydrogen-bond acceptors (Lipinski definition) is 2. The third kappa shape index (κ3) is 3.37. The quantitative estimate of drug-likeness (QED) is 0.940. The average Bonchev–Trinajstić information content (AvgIpc) is 2.56. The Hall–Kier alpha value is -2.13. The third-order valence-electron chi connectivity index (χ3n) is 4.39. The molecule has 1 N–H and O–H groups in total. The standard InChI is InChI=1S/C19H22N2O/c1-21-12-11-16-9-5-6-10-17(16)18(21)13-19(22)20-14-15-7-3-2-4-8-15/h2-10,18H,11-14H2,1H3,(H,20,22). The van der Waals surface area contributed by atoms with Crippen LogP contribution >= 0.6 is 0 Å². The molecule has 2 aromatic carbocycles. The second kappa shape index (κ2) is 6.75. The van der Waals surface area contributed by atoms with Crippen LogP contribution in [-0.4, -0.2) is 24.4 Å². The molecule has 1 heterocycles. The summed E-state index contributed by atoms with van der Waals surface area (Å²) in [6.07, 6.45) is 1.58. The normalized spacial score (nSPS) is 17.8. The number of carbonyl (C=O) groups excluding carboxylic acids is 1. The van der Waals surface area contributed by atoms with Crippen molar-refractivity contribution < 1.29 is 4.79 Å². The van der Waals surface area contributed by atoms with Crippen LogP contribution in [0.25, 0.3) is 0 Å². The van der Waals surface area contributed by atoms with Crippen LogP contribution in [0.5, 0.6) is 0 Å². The molecule has 1 atom stereocenters. The first-order valence-corrected chi connectivity index (χ1v) is 7.82. The molecular weight excluding hydrogens is 272 g/mol. The molecule has 114 valence electrons. The lowest BCUT2D eigenvalue weighted by molar-refractivity contribution is -0.122. The zero-order valence-electron chi connectivity index (χ0n) is 13.0. The fraction of sp³-hybridized carbons (Fsp3) is 0.316.